The molecule has 27 heavy (non-hydrogen) atoms. The average molecular weight is 429 g/mol. The van der Waals surface area contributed by atoms with Crippen molar-refractivity contribution < 1.29 is 18.0 Å². The molecule has 0 aliphatic heterocycles. The Kier molecular flexibility index (Phi) is 6.67. The molecule has 2 aromatic carbocycles. The van der Waals surface area contributed by atoms with Crippen LogP contribution in [0.5, 0.6) is 0 Å². The summed E-state index contributed by atoms with van der Waals surface area (Å²) in [4.78, 5) is 17.1. The van der Waals surface area contributed by atoms with Crippen molar-refractivity contribution in [3.63, 3.8) is 0 Å². The first kappa shape index (κ1) is 20.0. The number of nitrogens with one attached hydrogen (secondary N) is 1. The zero-order valence-electron chi connectivity index (χ0n) is 14.0. The van der Waals surface area contributed by atoms with Gasteiger partial charge in [-0.1, -0.05) is 24.3 Å². The second-order valence-electron chi connectivity index (χ2n) is 5.52. The van der Waals surface area contributed by atoms with Gasteiger partial charge in [0.2, 0.25) is 5.91 Å². The van der Waals surface area contributed by atoms with Crippen LogP contribution in [0.25, 0.3) is 10.2 Å². The summed E-state index contributed by atoms with van der Waals surface area (Å²) in [5.74, 6) is -0.432. The van der Waals surface area contributed by atoms with Crippen LogP contribution in [0, 0.1) is 0 Å². The standard InChI is InChI=1S/C18H15F3N2OS3/c19-18(20,21)11-26-14-7-3-1-5-12(14)22-16(24)9-25-10-17-23-13-6-2-4-8-15(13)27-17/h1-8H,9-11H2,(H,22,24). The van der Waals surface area contributed by atoms with Crippen LogP contribution < -0.4 is 5.32 Å². The predicted molar refractivity (Wildman–Crippen MR) is 108 cm³/mol. The molecule has 1 heterocycles. The molecular formula is C18H15F3N2OS3. The number of hydrogen-bond acceptors (Lipinski definition) is 5. The SMILES string of the molecule is O=C(CSCc1nc2ccccc2s1)Nc1ccccc1SCC(F)(F)F. The zero-order valence-corrected chi connectivity index (χ0v) is 16.4. The van der Waals surface area contributed by atoms with Crippen LogP contribution in [0.4, 0.5) is 18.9 Å². The van der Waals surface area contributed by atoms with Gasteiger partial charge >= 0.3 is 6.18 Å². The molecule has 0 saturated carbocycles. The van der Waals surface area contributed by atoms with Gasteiger partial charge in [-0.05, 0) is 24.3 Å². The Hall–Kier alpha value is -1.71. The highest BCUT2D eigenvalue weighted by Gasteiger charge is 2.27. The number of para-hydroxylation sites is 2. The number of alkyl halides is 3. The van der Waals surface area contributed by atoms with Crippen LogP contribution in [0.3, 0.4) is 0 Å². The molecule has 3 rings (SSSR count). The maximum absolute atomic E-state index is 12.4. The van der Waals surface area contributed by atoms with Gasteiger partial charge in [-0.3, -0.25) is 4.79 Å². The lowest BCUT2D eigenvalue weighted by atomic mass is 10.3. The minimum absolute atomic E-state index is 0.203. The molecule has 142 valence electrons. The normalized spacial score (nSPS) is 11.7. The monoisotopic (exact) mass is 428 g/mol. The van der Waals surface area contributed by atoms with Crippen LogP contribution >= 0.6 is 34.9 Å². The van der Waals surface area contributed by atoms with Crippen molar-refractivity contribution in [1.29, 1.82) is 0 Å². The summed E-state index contributed by atoms with van der Waals surface area (Å²) in [6.45, 7) is 0. The van der Waals surface area contributed by atoms with Crippen molar-refractivity contribution in [1.82, 2.24) is 4.98 Å². The Morgan fingerprint density at radius 1 is 1.11 bits per heavy atom. The lowest BCUT2D eigenvalue weighted by Crippen LogP contribution is -2.15. The van der Waals surface area contributed by atoms with Gasteiger partial charge < -0.3 is 5.32 Å². The van der Waals surface area contributed by atoms with Gasteiger partial charge in [0.1, 0.15) is 5.01 Å². The van der Waals surface area contributed by atoms with Crippen molar-refractivity contribution in [2.24, 2.45) is 0 Å². The molecular weight excluding hydrogens is 413 g/mol. The molecule has 0 bridgehead atoms. The van der Waals surface area contributed by atoms with Crippen LogP contribution in [-0.2, 0) is 10.5 Å². The molecule has 0 aliphatic rings. The summed E-state index contributed by atoms with van der Waals surface area (Å²) >= 11 is 3.68. The third-order valence-electron chi connectivity index (χ3n) is 3.35. The van der Waals surface area contributed by atoms with Gasteiger partial charge in [-0.2, -0.15) is 13.2 Å². The molecule has 0 atom stereocenters. The summed E-state index contributed by atoms with van der Waals surface area (Å²) in [6, 6.07) is 14.3. The maximum Gasteiger partial charge on any atom is 0.398 e. The summed E-state index contributed by atoms with van der Waals surface area (Å²) in [5.41, 5.74) is 1.34. The number of nitrogens with zero attached hydrogens (tertiary/aromatic N) is 1. The Balaban J connectivity index is 1.52. The Morgan fingerprint density at radius 2 is 1.85 bits per heavy atom. The smallest absolute Gasteiger partial charge is 0.324 e. The van der Waals surface area contributed by atoms with Crippen LogP contribution in [0.2, 0.25) is 0 Å². The van der Waals surface area contributed by atoms with E-state index in [1.165, 1.54) is 11.8 Å². The minimum Gasteiger partial charge on any atom is -0.324 e. The third kappa shape index (κ3) is 6.15. The van der Waals surface area contributed by atoms with Crippen LogP contribution in [0.15, 0.2) is 53.4 Å². The first-order valence-corrected chi connectivity index (χ1v) is 10.9. The molecule has 3 nitrogen and oxygen atoms in total. The van der Waals surface area contributed by atoms with Crippen molar-refractivity contribution in [3.05, 3.63) is 53.5 Å². The van der Waals surface area contributed by atoms with E-state index in [2.05, 4.69) is 10.3 Å². The predicted octanol–water partition coefficient (Wildman–Crippen LogP) is 5.82. The fourth-order valence-corrected chi connectivity index (χ4v) is 4.87. The van der Waals surface area contributed by atoms with Gasteiger partial charge in [0.05, 0.1) is 27.4 Å². The topological polar surface area (TPSA) is 42.0 Å². The number of thiazole rings is 1. The Morgan fingerprint density at radius 3 is 2.63 bits per heavy atom. The molecule has 0 saturated heterocycles. The van der Waals surface area contributed by atoms with E-state index in [4.69, 9.17) is 0 Å². The molecule has 1 aromatic heterocycles. The summed E-state index contributed by atoms with van der Waals surface area (Å²) in [7, 11) is 0. The second-order valence-corrected chi connectivity index (χ2v) is 8.63. The highest BCUT2D eigenvalue weighted by Crippen LogP contribution is 2.32. The third-order valence-corrected chi connectivity index (χ3v) is 6.65. The van der Waals surface area contributed by atoms with E-state index in [0.29, 0.717) is 28.1 Å². The quantitative estimate of drug-likeness (QED) is 0.481. The molecule has 0 radical (unpaired) electrons. The summed E-state index contributed by atoms with van der Waals surface area (Å²) in [5, 5.41) is 3.63. The van der Waals surface area contributed by atoms with E-state index in [1.54, 1.807) is 35.6 Å². The van der Waals surface area contributed by atoms with Crippen LogP contribution in [-0.4, -0.2) is 28.6 Å². The highest BCUT2D eigenvalue weighted by molar-refractivity contribution is 7.99. The highest BCUT2D eigenvalue weighted by atomic mass is 32.2. The fourth-order valence-electron chi connectivity index (χ4n) is 2.25. The van der Waals surface area contributed by atoms with Crippen molar-refractivity contribution in [2.45, 2.75) is 16.8 Å². The Bertz CT molecular complexity index is 894. The number of thioether (sulfide) groups is 2. The number of hydrogen-bond donors (Lipinski definition) is 1. The number of aromatic nitrogens is 1. The van der Waals surface area contributed by atoms with Gasteiger partial charge in [-0.15, -0.1) is 34.9 Å². The molecule has 0 unspecified atom stereocenters. The van der Waals surface area contributed by atoms with E-state index >= 15 is 0 Å². The number of benzene rings is 2. The zero-order chi connectivity index (χ0) is 19.3. The maximum atomic E-state index is 12.4. The number of rotatable bonds is 7. The Labute approximate surface area is 166 Å². The summed E-state index contributed by atoms with van der Waals surface area (Å²) in [6.07, 6.45) is -4.26. The van der Waals surface area contributed by atoms with Crippen molar-refractivity contribution in [2.75, 3.05) is 16.8 Å². The van der Waals surface area contributed by atoms with Gasteiger partial charge in [0, 0.05) is 10.6 Å². The molecule has 1 amide bonds. The van der Waals surface area contributed by atoms with E-state index < -0.39 is 11.9 Å². The molecule has 0 fully saturated rings. The number of carbonyl (C=O) groups excluding carboxylic acids is 1. The molecule has 0 spiro atoms. The van der Waals surface area contributed by atoms with Gasteiger partial charge in [0.15, 0.2) is 0 Å². The molecule has 9 heteroatoms. The van der Waals surface area contributed by atoms with Crippen molar-refractivity contribution in [3.8, 4) is 0 Å². The minimum atomic E-state index is -4.26. The number of halogens is 3. The molecule has 3 aromatic rings. The van der Waals surface area contributed by atoms with Crippen molar-refractivity contribution >= 4 is 56.7 Å². The van der Waals surface area contributed by atoms with E-state index in [1.807, 2.05) is 24.3 Å². The number of fused-ring (bicyclic) bond motifs is 1. The van der Waals surface area contributed by atoms with E-state index in [9.17, 15) is 18.0 Å². The van der Waals surface area contributed by atoms with Gasteiger partial charge in [-0.25, -0.2) is 4.98 Å². The average Bonchev–Trinajstić information content (AvgIpc) is 3.03. The largest absolute Gasteiger partial charge is 0.398 e. The van der Waals surface area contributed by atoms with E-state index in [0.717, 1.165) is 15.2 Å². The number of anilines is 1. The lowest BCUT2D eigenvalue weighted by Gasteiger charge is -2.11. The van der Waals surface area contributed by atoms with Gasteiger partial charge in [0.25, 0.3) is 0 Å². The fraction of sp³-hybridized carbons (Fsp3) is 0.222. The molecule has 1 N–H and O–H groups in total. The number of amides is 1. The second kappa shape index (κ2) is 8.99. The molecule has 0 aliphatic carbocycles. The number of carbonyl (C=O) groups is 1. The first-order valence-electron chi connectivity index (χ1n) is 7.91. The van der Waals surface area contributed by atoms with Crippen LogP contribution in [0.1, 0.15) is 5.01 Å². The first-order chi connectivity index (χ1) is 12.9. The summed E-state index contributed by atoms with van der Waals surface area (Å²) < 4.78 is 38.4. The van der Waals surface area contributed by atoms with E-state index in [-0.39, 0.29) is 11.7 Å². The lowest BCUT2D eigenvalue weighted by molar-refractivity contribution is -0.113.